The molecule has 132 valence electrons. The molecule has 1 unspecified atom stereocenters. The summed E-state index contributed by atoms with van der Waals surface area (Å²) in [6.07, 6.45) is 10.7. The van der Waals surface area contributed by atoms with Crippen LogP contribution in [0.1, 0.15) is 78.1 Å². The molecule has 0 spiro atoms. The van der Waals surface area contributed by atoms with Crippen molar-refractivity contribution < 1.29 is 9.90 Å². The first-order chi connectivity index (χ1) is 10.9. The van der Waals surface area contributed by atoms with E-state index in [0.29, 0.717) is 6.42 Å². The minimum absolute atomic E-state index is 0.00235. The van der Waals surface area contributed by atoms with Crippen molar-refractivity contribution in [1.29, 1.82) is 5.26 Å². The van der Waals surface area contributed by atoms with E-state index < -0.39 is 10.7 Å². The Morgan fingerprint density at radius 3 is 2.26 bits per heavy atom. The minimum Gasteiger partial charge on any atom is -0.481 e. The Labute approximate surface area is 155 Å². The normalized spacial score (nSPS) is 13.3. The number of rotatable bonds is 13. The SMILES string of the molecule is CCCCCCCCCCSC(=S)SC(C)(C#N)CCC(=O)O. The largest absolute Gasteiger partial charge is 0.481 e. The van der Waals surface area contributed by atoms with E-state index in [4.69, 9.17) is 17.3 Å². The Morgan fingerprint density at radius 1 is 1.17 bits per heavy atom. The molecule has 0 aliphatic rings. The zero-order valence-corrected chi connectivity index (χ0v) is 16.8. The van der Waals surface area contributed by atoms with Crippen LogP contribution in [-0.4, -0.2) is 25.1 Å². The zero-order chi connectivity index (χ0) is 17.6. The number of thioether (sulfide) groups is 2. The Morgan fingerprint density at radius 2 is 1.74 bits per heavy atom. The highest BCUT2D eigenvalue weighted by atomic mass is 32.2. The summed E-state index contributed by atoms with van der Waals surface area (Å²) in [5.41, 5.74) is 0. The summed E-state index contributed by atoms with van der Waals surface area (Å²) in [4.78, 5) is 10.6. The molecule has 0 amide bonds. The number of hydrogen-bond acceptors (Lipinski definition) is 5. The van der Waals surface area contributed by atoms with Crippen LogP contribution in [0.4, 0.5) is 0 Å². The van der Waals surface area contributed by atoms with Gasteiger partial charge in [0.1, 0.15) is 8.28 Å². The van der Waals surface area contributed by atoms with E-state index in [1.54, 1.807) is 18.7 Å². The molecule has 3 nitrogen and oxygen atoms in total. The van der Waals surface area contributed by atoms with Gasteiger partial charge in [0.2, 0.25) is 0 Å². The molecule has 0 heterocycles. The third-order valence-corrected chi connectivity index (χ3v) is 6.43. The molecule has 1 N–H and O–H groups in total. The van der Waals surface area contributed by atoms with Gasteiger partial charge in [0, 0.05) is 6.42 Å². The van der Waals surface area contributed by atoms with Crippen molar-refractivity contribution in [3.8, 4) is 6.07 Å². The summed E-state index contributed by atoms with van der Waals surface area (Å²) in [5, 5.41) is 18.0. The van der Waals surface area contributed by atoms with Crippen molar-refractivity contribution in [2.45, 2.75) is 82.8 Å². The van der Waals surface area contributed by atoms with Gasteiger partial charge in [0.25, 0.3) is 0 Å². The third kappa shape index (κ3) is 13.8. The quantitative estimate of drug-likeness (QED) is 0.313. The Kier molecular flexibility index (Phi) is 14.0. The summed E-state index contributed by atoms with van der Waals surface area (Å²) in [6, 6.07) is 2.20. The van der Waals surface area contributed by atoms with Crippen LogP contribution in [0.3, 0.4) is 0 Å². The van der Waals surface area contributed by atoms with Crippen LogP contribution < -0.4 is 0 Å². The number of carboxylic acid groups (broad SMARTS) is 1. The van der Waals surface area contributed by atoms with Gasteiger partial charge in [0.05, 0.1) is 6.07 Å². The van der Waals surface area contributed by atoms with Gasteiger partial charge in [-0.05, 0) is 25.5 Å². The molecular weight excluding hydrogens is 346 g/mol. The number of unbranched alkanes of at least 4 members (excludes halogenated alkanes) is 7. The fraction of sp³-hybridized carbons (Fsp3) is 0.824. The minimum atomic E-state index is -0.871. The molecular formula is C17H29NO2S3. The highest BCUT2D eigenvalue weighted by molar-refractivity contribution is 8.47. The number of thiocarbonyl (C=S) groups is 1. The molecule has 6 heteroatoms. The van der Waals surface area contributed by atoms with Gasteiger partial charge in [0.15, 0.2) is 0 Å². The van der Waals surface area contributed by atoms with Crippen LogP contribution in [0.2, 0.25) is 0 Å². The molecule has 0 saturated heterocycles. The van der Waals surface area contributed by atoms with E-state index in [-0.39, 0.29) is 6.42 Å². The van der Waals surface area contributed by atoms with Crippen LogP contribution in [0, 0.1) is 11.3 Å². The molecule has 0 aliphatic heterocycles. The van der Waals surface area contributed by atoms with E-state index >= 15 is 0 Å². The number of nitriles is 1. The second-order valence-electron chi connectivity index (χ2n) is 5.91. The first-order valence-corrected chi connectivity index (χ1v) is 10.6. The van der Waals surface area contributed by atoms with Crippen LogP contribution in [0.15, 0.2) is 0 Å². The van der Waals surface area contributed by atoms with Gasteiger partial charge in [-0.1, -0.05) is 75.8 Å². The number of carboxylic acids is 1. The van der Waals surface area contributed by atoms with Crippen molar-refractivity contribution in [2.75, 3.05) is 5.75 Å². The Hall–Kier alpha value is -0.250. The molecule has 0 saturated carbocycles. The summed E-state index contributed by atoms with van der Waals surface area (Å²) in [7, 11) is 0. The molecule has 0 aromatic rings. The van der Waals surface area contributed by atoms with E-state index in [9.17, 15) is 10.1 Å². The van der Waals surface area contributed by atoms with Gasteiger partial charge in [-0.25, -0.2) is 0 Å². The van der Waals surface area contributed by atoms with Gasteiger partial charge in [-0.15, -0.1) is 11.8 Å². The van der Waals surface area contributed by atoms with Gasteiger partial charge < -0.3 is 5.11 Å². The molecule has 23 heavy (non-hydrogen) atoms. The van der Waals surface area contributed by atoms with Crippen molar-refractivity contribution in [3.63, 3.8) is 0 Å². The van der Waals surface area contributed by atoms with Gasteiger partial charge in [-0.2, -0.15) is 5.26 Å². The van der Waals surface area contributed by atoms with E-state index in [2.05, 4.69) is 13.0 Å². The molecule has 0 rings (SSSR count). The number of hydrogen-bond donors (Lipinski definition) is 1. The average Bonchev–Trinajstić information content (AvgIpc) is 2.51. The van der Waals surface area contributed by atoms with Crippen LogP contribution >= 0.6 is 35.7 Å². The highest BCUT2D eigenvalue weighted by Crippen LogP contribution is 2.34. The number of nitrogens with zero attached hydrogens (tertiary/aromatic N) is 1. The standard InChI is InChI=1S/C17H29NO2S3/c1-3-4-5-6-7-8-9-10-13-22-16(21)23-17(2,14-18)12-11-15(19)20/h3-13H2,1-2H3,(H,19,20). The summed E-state index contributed by atoms with van der Waals surface area (Å²) < 4.78 is 0.0178. The number of aliphatic carboxylic acids is 1. The predicted octanol–water partition coefficient (Wildman–Crippen LogP) is 6.03. The topological polar surface area (TPSA) is 61.1 Å². The lowest BCUT2D eigenvalue weighted by atomic mass is 10.1. The van der Waals surface area contributed by atoms with Gasteiger partial charge >= 0.3 is 5.97 Å². The zero-order valence-electron chi connectivity index (χ0n) is 14.3. The van der Waals surface area contributed by atoms with Crippen LogP contribution in [-0.2, 0) is 4.79 Å². The average molecular weight is 376 g/mol. The maximum Gasteiger partial charge on any atom is 0.303 e. The molecule has 1 atom stereocenters. The molecule has 0 radical (unpaired) electrons. The maximum atomic E-state index is 10.6. The first kappa shape index (κ1) is 22.8. The Balaban J connectivity index is 3.73. The van der Waals surface area contributed by atoms with Crippen LogP contribution in [0.25, 0.3) is 0 Å². The monoisotopic (exact) mass is 375 g/mol. The van der Waals surface area contributed by atoms with E-state index in [1.165, 1.54) is 56.7 Å². The fourth-order valence-corrected chi connectivity index (χ4v) is 5.05. The smallest absolute Gasteiger partial charge is 0.303 e. The van der Waals surface area contributed by atoms with Crippen molar-refractivity contribution >= 4 is 45.2 Å². The molecule has 0 fully saturated rings. The third-order valence-electron chi connectivity index (χ3n) is 3.58. The maximum absolute atomic E-state index is 10.6. The molecule has 0 aromatic carbocycles. The van der Waals surface area contributed by atoms with Crippen molar-refractivity contribution in [1.82, 2.24) is 0 Å². The molecule has 0 aromatic heterocycles. The lowest BCUT2D eigenvalue weighted by Crippen LogP contribution is -2.20. The second kappa shape index (κ2) is 14.1. The van der Waals surface area contributed by atoms with E-state index in [0.717, 1.165) is 15.7 Å². The summed E-state index contributed by atoms with van der Waals surface area (Å²) in [5.74, 6) is 0.117. The van der Waals surface area contributed by atoms with Crippen molar-refractivity contribution in [3.05, 3.63) is 0 Å². The predicted molar refractivity (Wildman–Crippen MR) is 106 cm³/mol. The number of carbonyl (C=O) groups is 1. The Bertz CT molecular complexity index is 396. The molecule has 0 bridgehead atoms. The summed E-state index contributed by atoms with van der Waals surface area (Å²) in [6.45, 7) is 4.00. The lowest BCUT2D eigenvalue weighted by molar-refractivity contribution is -0.137. The lowest BCUT2D eigenvalue weighted by Gasteiger charge is -2.19. The molecule has 0 aliphatic carbocycles. The summed E-state index contributed by atoms with van der Waals surface area (Å²) >= 11 is 8.28. The van der Waals surface area contributed by atoms with Crippen molar-refractivity contribution in [2.24, 2.45) is 0 Å². The highest BCUT2D eigenvalue weighted by Gasteiger charge is 2.27. The fourth-order valence-electron chi connectivity index (χ4n) is 2.08. The van der Waals surface area contributed by atoms with Gasteiger partial charge in [-0.3, -0.25) is 4.79 Å². The second-order valence-corrected chi connectivity index (χ2v) is 9.71. The van der Waals surface area contributed by atoms with Crippen LogP contribution in [0.5, 0.6) is 0 Å². The van der Waals surface area contributed by atoms with E-state index in [1.807, 2.05) is 0 Å². The first-order valence-electron chi connectivity index (χ1n) is 8.42.